The molecule has 0 aliphatic carbocycles. The number of hydrogen-bond donors (Lipinski definition) is 2. The molecule has 158 valence electrons. The Labute approximate surface area is 174 Å². The highest BCUT2D eigenvalue weighted by Crippen LogP contribution is 2.30. The lowest BCUT2D eigenvalue weighted by atomic mass is 10.0. The predicted octanol–water partition coefficient (Wildman–Crippen LogP) is 6.78. The van der Waals surface area contributed by atoms with Crippen LogP contribution in [0.5, 0.6) is 17.2 Å². The van der Waals surface area contributed by atoms with Gasteiger partial charge in [0.2, 0.25) is 0 Å². The monoisotopic (exact) mass is 398 g/mol. The lowest BCUT2D eigenvalue weighted by Crippen LogP contribution is -2.10. The molecule has 4 heteroatoms. The Morgan fingerprint density at radius 1 is 0.793 bits per heavy atom. The number of benzene rings is 2. The lowest BCUT2D eigenvalue weighted by Gasteiger charge is -2.11. The van der Waals surface area contributed by atoms with Crippen LogP contribution in [0, 0.1) is 0 Å². The molecule has 0 aliphatic heterocycles. The number of rotatable bonds is 13. The minimum atomic E-state index is -0.672. The van der Waals surface area contributed by atoms with Crippen molar-refractivity contribution in [1.82, 2.24) is 0 Å². The zero-order valence-electron chi connectivity index (χ0n) is 17.5. The van der Waals surface area contributed by atoms with Crippen molar-refractivity contribution in [2.75, 3.05) is 0 Å². The van der Waals surface area contributed by atoms with Gasteiger partial charge in [-0.3, -0.25) is 0 Å². The van der Waals surface area contributed by atoms with Crippen LogP contribution in [0.4, 0.5) is 0 Å². The number of carbonyl (C=O) groups is 1. The van der Waals surface area contributed by atoms with Crippen LogP contribution in [-0.2, 0) is 6.42 Å². The largest absolute Gasteiger partial charge is 0.504 e. The standard InChI is InChI=1S/C25H34O4/c1-2-3-4-5-6-7-8-9-10-11-15-20-16-12-13-19-23(20)29-25(28)21-17-14-18-22(26)24(21)27/h12-14,16-19,26-27H,2-11,15H2,1H3. The molecule has 0 spiro atoms. The van der Waals surface area contributed by atoms with E-state index < -0.39 is 11.7 Å². The fourth-order valence-electron chi connectivity index (χ4n) is 3.46. The predicted molar refractivity (Wildman–Crippen MR) is 117 cm³/mol. The molecule has 29 heavy (non-hydrogen) atoms. The Hall–Kier alpha value is -2.49. The molecular weight excluding hydrogens is 364 g/mol. The van der Waals surface area contributed by atoms with Crippen LogP contribution >= 0.6 is 0 Å². The molecule has 0 radical (unpaired) electrons. The molecule has 0 atom stereocenters. The minimum absolute atomic E-state index is 0.0428. The SMILES string of the molecule is CCCCCCCCCCCCc1ccccc1OC(=O)c1cccc(O)c1O. The molecule has 0 bridgehead atoms. The average Bonchev–Trinajstić information content (AvgIpc) is 2.72. The lowest BCUT2D eigenvalue weighted by molar-refractivity contribution is 0.0729. The second kappa shape index (κ2) is 12.9. The zero-order chi connectivity index (χ0) is 20.9. The number of phenols is 2. The molecule has 0 unspecified atom stereocenters. The third kappa shape index (κ3) is 7.80. The van der Waals surface area contributed by atoms with Crippen LogP contribution in [0.25, 0.3) is 0 Å². The summed E-state index contributed by atoms with van der Waals surface area (Å²) in [5.41, 5.74) is 0.943. The fourth-order valence-corrected chi connectivity index (χ4v) is 3.46. The van der Waals surface area contributed by atoms with Crippen molar-refractivity contribution in [2.45, 2.75) is 77.6 Å². The molecule has 0 saturated heterocycles. The van der Waals surface area contributed by atoms with E-state index in [0.717, 1.165) is 18.4 Å². The summed E-state index contributed by atoms with van der Waals surface area (Å²) in [6.07, 6.45) is 13.7. The molecule has 2 rings (SSSR count). The number of hydrogen-bond acceptors (Lipinski definition) is 4. The summed E-state index contributed by atoms with van der Waals surface area (Å²) in [6, 6.07) is 11.8. The third-order valence-corrected chi connectivity index (χ3v) is 5.21. The van der Waals surface area contributed by atoms with Gasteiger partial charge in [-0.1, -0.05) is 89.0 Å². The summed E-state index contributed by atoms with van der Waals surface area (Å²) >= 11 is 0. The molecule has 0 fully saturated rings. The first-order valence-corrected chi connectivity index (χ1v) is 10.9. The van der Waals surface area contributed by atoms with E-state index in [1.807, 2.05) is 18.2 Å². The molecule has 2 N–H and O–H groups in total. The number of aromatic hydroxyl groups is 2. The Morgan fingerprint density at radius 2 is 1.41 bits per heavy atom. The highest BCUT2D eigenvalue weighted by molar-refractivity contribution is 5.94. The van der Waals surface area contributed by atoms with Gasteiger partial charge in [-0.05, 0) is 36.6 Å². The van der Waals surface area contributed by atoms with E-state index in [-0.39, 0.29) is 11.3 Å². The van der Waals surface area contributed by atoms with Crippen LogP contribution in [0.15, 0.2) is 42.5 Å². The maximum Gasteiger partial charge on any atom is 0.347 e. The second-order valence-corrected chi connectivity index (χ2v) is 7.60. The average molecular weight is 399 g/mol. The Balaban J connectivity index is 1.76. The van der Waals surface area contributed by atoms with E-state index in [1.54, 1.807) is 6.07 Å². The van der Waals surface area contributed by atoms with Crippen LogP contribution in [0.2, 0.25) is 0 Å². The highest BCUT2D eigenvalue weighted by atomic mass is 16.5. The van der Waals surface area contributed by atoms with Crippen molar-refractivity contribution in [3.8, 4) is 17.2 Å². The summed E-state index contributed by atoms with van der Waals surface area (Å²) in [5, 5.41) is 19.4. The normalized spacial score (nSPS) is 10.8. The number of carbonyl (C=O) groups excluding carboxylic acids is 1. The van der Waals surface area contributed by atoms with Crippen molar-refractivity contribution < 1.29 is 19.7 Å². The molecule has 0 amide bonds. The summed E-state index contributed by atoms with van der Waals surface area (Å²) in [4.78, 5) is 12.4. The van der Waals surface area contributed by atoms with Gasteiger partial charge in [-0.2, -0.15) is 0 Å². The van der Waals surface area contributed by atoms with Crippen molar-refractivity contribution in [3.63, 3.8) is 0 Å². The van der Waals surface area contributed by atoms with E-state index in [4.69, 9.17) is 4.74 Å². The maximum atomic E-state index is 12.4. The first-order valence-electron chi connectivity index (χ1n) is 10.9. The number of esters is 1. The second-order valence-electron chi connectivity index (χ2n) is 7.60. The van der Waals surface area contributed by atoms with Gasteiger partial charge in [-0.25, -0.2) is 4.79 Å². The van der Waals surface area contributed by atoms with Gasteiger partial charge >= 0.3 is 5.97 Å². The topological polar surface area (TPSA) is 66.8 Å². The number of phenolic OH excluding ortho intramolecular Hbond substituents is 2. The van der Waals surface area contributed by atoms with Gasteiger partial charge in [0.1, 0.15) is 11.3 Å². The summed E-state index contributed by atoms with van der Waals surface area (Å²) in [6.45, 7) is 2.25. The molecular formula is C25H34O4. The van der Waals surface area contributed by atoms with Gasteiger partial charge in [0.05, 0.1) is 0 Å². The van der Waals surface area contributed by atoms with Crippen molar-refractivity contribution in [3.05, 3.63) is 53.6 Å². The molecule has 2 aromatic rings. The van der Waals surface area contributed by atoms with Gasteiger partial charge in [0.15, 0.2) is 11.5 Å². The molecule has 0 heterocycles. The van der Waals surface area contributed by atoms with Gasteiger partial charge in [0, 0.05) is 0 Å². The summed E-state index contributed by atoms with van der Waals surface area (Å²) < 4.78 is 5.50. The van der Waals surface area contributed by atoms with E-state index in [1.165, 1.54) is 76.0 Å². The van der Waals surface area contributed by atoms with Gasteiger partial charge in [0.25, 0.3) is 0 Å². The molecule has 0 aliphatic rings. The fraction of sp³-hybridized carbons (Fsp3) is 0.480. The minimum Gasteiger partial charge on any atom is -0.504 e. The number of aryl methyl sites for hydroxylation is 1. The summed E-state index contributed by atoms with van der Waals surface area (Å²) in [5.74, 6) is -0.951. The van der Waals surface area contributed by atoms with Crippen LogP contribution in [0.1, 0.15) is 87.1 Å². The third-order valence-electron chi connectivity index (χ3n) is 5.21. The number of unbranched alkanes of at least 4 members (excludes halogenated alkanes) is 9. The molecule has 2 aromatic carbocycles. The van der Waals surface area contributed by atoms with Gasteiger partial charge in [-0.15, -0.1) is 0 Å². The summed E-state index contributed by atoms with van der Waals surface area (Å²) in [7, 11) is 0. The molecule has 0 aromatic heterocycles. The van der Waals surface area contributed by atoms with Crippen LogP contribution < -0.4 is 4.74 Å². The molecule has 4 nitrogen and oxygen atoms in total. The quantitative estimate of drug-likeness (QED) is 0.169. The van der Waals surface area contributed by atoms with Gasteiger partial charge < -0.3 is 14.9 Å². The Kier molecular flexibility index (Phi) is 10.1. The number of ether oxygens (including phenoxy) is 1. The van der Waals surface area contributed by atoms with E-state index in [9.17, 15) is 15.0 Å². The van der Waals surface area contributed by atoms with Crippen LogP contribution in [-0.4, -0.2) is 16.2 Å². The van der Waals surface area contributed by atoms with Crippen molar-refractivity contribution in [2.24, 2.45) is 0 Å². The van der Waals surface area contributed by atoms with E-state index in [2.05, 4.69) is 6.92 Å². The van der Waals surface area contributed by atoms with E-state index in [0.29, 0.717) is 5.75 Å². The number of para-hydroxylation sites is 2. The first-order chi connectivity index (χ1) is 14.1. The van der Waals surface area contributed by atoms with Crippen molar-refractivity contribution >= 4 is 5.97 Å². The molecule has 0 saturated carbocycles. The van der Waals surface area contributed by atoms with E-state index >= 15 is 0 Å². The smallest absolute Gasteiger partial charge is 0.347 e. The van der Waals surface area contributed by atoms with Crippen molar-refractivity contribution in [1.29, 1.82) is 0 Å². The highest BCUT2D eigenvalue weighted by Gasteiger charge is 2.17. The Morgan fingerprint density at radius 3 is 2.10 bits per heavy atom. The first kappa shape index (κ1) is 22.8. The zero-order valence-corrected chi connectivity index (χ0v) is 17.5. The van der Waals surface area contributed by atoms with Crippen LogP contribution in [0.3, 0.4) is 0 Å². The maximum absolute atomic E-state index is 12.4. The Bertz CT molecular complexity index is 754.